The highest BCUT2D eigenvalue weighted by Crippen LogP contribution is 2.35. The van der Waals surface area contributed by atoms with Crippen LogP contribution in [0.3, 0.4) is 0 Å². The molecule has 0 aliphatic carbocycles. The number of hydrogen-bond acceptors (Lipinski definition) is 3. The van der Waals surface area contributed by atoms with Crippen molar-refractivity contribution in [3.63, 3.8) is 0 Å². The van der Waals surface area contributed by atoms with E-state index >= 15 is 0 Å². The molecular formula is C25H29ClN2O2. The van der Waals surface area contributed by atoms with Crippen LogP contribution < -0.4 is 10.3 Å². The second kappa shape index (κ2) is 9.23. The van der Waals surface area contributed by atoms with Crippen molar-refractivity contribution in [2.24, 2.45) is 0 Å². The largest absolute Gasteiger partial charge is 0.492 e. The summed E-state index contributed by atoms with van der Waals surface area (Å²) in [7, 11) is 0. The maximum absolute atomic E-state index is 13.1. The lowest BCUT2D eigenvalue weighted by Crippen LogP contribution is -2.31. The number of nitrogens with zero attached hydrogens (tertiary/aromatic N) is 1. The molecule has 30 heavy (non-hydrogen) atoms. The summed E-state index contributed by atoms with van der Waals surface area (Å²) in [5.74, 6) is 0.647. The van der Waals surface area contributed by atoms with Gasteiger partial charge in [-0.1, -0.05) is 47.3 Å². The number of H-pyrrole nitrogens is 1. The zero-order valence-electron chi connectivity index (χ0n) is 17.8. The lowest BCUT2D eigenvalue weighted by atomic mass is 9.99. The molecule has 4 nitrogen and oxygen atoms in total. The number of aromatic amines is 1. The molecule has 0 amide bonds. The first-order valence-corrected chi connectivity index (χ1v) is 11.2. The highest BCUT2D eigenvalue weighted by Gasteiger charge is 2.17. The smallest absolute Gasteiger partial charge is 0.260 e. The van der Waals surface area contributed by atoms with Gasteiger partial charge in [-0.15, -0.1) is 0 Å². The number of halogens is 1. The summed E-state index contributed by atoms with van der Waals surface area (Å²) < 4.78 is 6.31. The first-order valence-electron chi connectivity index (χ1n) is 10.8. The molecule has 0 atom stereocenters. The van der Waals surface area contributed by atoms with E-state index in [4.69, 9.17) is 16.3 Å². The van der Waals surface area contributed by atoms with Gasteiger partial charge in [-0.2, -0.15) is 0 Å². The Balaban J connectivity index is 1.68. The number of hydrogen-bond donors (Lipinski definition) is 1. The zero-order valence-corrected chi connectivity index (χ0v) is 18.5. The first kappa shape index (κ1) is 21.0. The molecule has 158 valence electrons. The van der Waals surface area contributed by atoms with Crippen LogP contribution in [-0.2, 0) is 0 Å². The van der Waals surface area contributed by atoms with E-state index in [-0.39, 0.29) is 5.56 Å². The maximum atomic E-state index is 13.1. The number of fused-ring (bicyclic) bond motifs is 1. The molecule has 2 heterocycles. The van der Waals surface area contributed by atoms with E-state index in [1.54, 1.807) is 6.07 Å². The maximum Gasteiger partial charge on any atom is 0.260 e. The third kappa shape index (κ3) is 4.71. The molecule has 2 aromatic carbocycles. The molecule has 1 fully saturated rings. The summed E-state index contributed by atoms with van der Waals surface area (Å²) in [6, 6.07) is 11.7. The van der Waals surface area contributed by atoms with E-state index in [0.717, 1.165) is 35.0 Å². The summed E-state index contributed by atoms with van der Waals surface area (Å²) in [4.78, 5) is 18.6. The minimum atomic E-state index is -0.152. The number of piperidine rings is 1. The van der Waals surface area contributed by atoms with Gasteiger partial charge in [0.25, 0.3) is 5.56 Å². The van der Waals surface area contributed by atoms with Crippen molar-refractivity contribution in [3.8, 4) is 16.9 Å². The number of likely N-dealkylation sites (tertiary alicyclic amines) is 1. The monoisotopic (exact) mass is 424 g/mol. The van der Waals surface area contributed by atoms with Crippen molar-refractivity contribution >= 4 is 22.5 Å². The van der Waals surface area contributed by atoms with Gasteiger partial charge in [0.1, 0.15) is 5.75 Å². The van der Waals surface area contributed by atoms with Crippen molar-refractivity contribution in [2.45, 2.75) is 39.5 Å². The van der Waals surface area contributed by atoms with Crippen LogP contribution in [0.4, 0.5) is 0 Å². The Hall–Kier alpha value is -2.30. The molecule has 0 spiro atoms. The van der Waals surface area contributed by atoms with E-state index < -0.39 is 0 Å². The summed E-state index contributed by atoms with van der Waals surface area (Å²) in [6.45, 7) is 8.07. The van der Waals surface area contributed by atoms with Gasteiger partial charge in [0.05, 0.1) is 17.7 Å². The fourth-order valence-electron chi connectivity index (χ4n) is 4.42. The fraction of sp³-hybridized carbons (Fsp3) is 0.400. The average Bonchev–Trinajstić information content (AvgIpc) is 2.70. The number of ether oxygens (including phenoxy) is 1. The predicted octanol–water partition coefficient (Wildman–Crippen LogP) is 5.72. The van der Waals surface area contributed by atoms with E-state index in [1.807, 2.05) is 38.1 Å². The summed E-state index contributed by atoms with van der Waals surface area (Å²) in [5.41, 5.74) is 4.27. The normalized spacial score (nSPS) is 14.9. The number of nitrogens with one attached hydrogen (secondary N) is 1. The van der Waals surface area contributed by atoms with Crippen molar-refractivity contribution < 1.29 is 4.74 Å². The molecule has 5 heteroatoms. The Morgan fingerprint density at radius 1 is 1.03 bits per heavy atom. The highest BCUT2D eigenvalue weighted by atomic mass is 35.5. The topological polar surface area (TPSA) is 45.3 Å². The summed E-state index contributed by atoms with van der Waals surface area (Å²) in [5, 5.41) is 1.47. The number of pyridine rings is 1. The average molecular weight is 425 g/mol. The number of aryl methyl sites for hydroxylation is 2. The second-order valence-corrected chi connectivity index (χ2v) is 8.77. The molecule has 0 radical (unpaired) electrons. The van der Waals surface area contributed by atoms with Crippen LogP contribution in [0.5, 0.6) is 5.75 Å². The minimum absolute atomic E-state index is 0.152. The lowest BCUT2D eigenvalue weighted by Gasteiger charge is -2.26. The van der Waals surface area contributed by atoms with Crippen molar-refractivity contribution in [1.29, 1.82) is 0 Å². The van der Waals surface area contributed by atoms with E-state index in [0.29, 0.717) is 28.5 Å². The van der Waals surface area contributed by atoms with Gasteiger partial charge in [0.2, 0.25) is 0 Å². The van der Waals surface area contributed by atoms with Crippen LogP contribution in [0, 0.1) is 13.8 Å². The highest BCUT2D eigenvalue weighted by molar-refractivity contribution is 6.31. The van der Waals surface area contributed by atoms with Gasteiger partial charge in [-0.05, 0) is 70.0 Å². The van der Waals surface area contributed by atoms with Gasteiger partial charge >= 0.3 is 0 Å². The van der Waals surface area contributed by atoms with Gasteiger partial charge in [-0.3, -0.25) is 4.79 Å². The standard InChI is InChI=1S/C25H29ClN2O2/c1-17-13-18(2)15-19(14-17)23-24(30-12-6-11-28-9-4-3-5-10-28)21-8-7-20(26)16-22(21)27-25(23)29/h7-8,13-16H,3-6,9-12H2,1-2H3,(H,27,29). The van der Waals surface area contributed by atoms with Crippen LogP contribution in [0.15, 0.2) is 41.2 Å². The molecule has 0 bridgehead atoms. The Morgan fingerprint density at radius 2 is 1.77 bits per heavy atom. The minimum Gasteiger partial charge on any atom is -0.492 e. The van der Waals surface area contributed by atoms with E-state index in [9.17, 15) is 4.79 Å². The molecular weight excluding hydrogens is 396 g/mol. The van der Waals surface area contributed by atoms with Crippen LogP contribution in [-0.4, -0.2) is 36.1 Å². The van der Waals surface area contributed by atoms with Crippen LogP contribution in [0.2, 0.25) is 5.02 Å². The van der Waals surface area contributed by atoms with E-state index in [1.165, 1.54) is 32.4 Å². The predicted molar refractivity (Wildman–Crippen MR) is 125 cm³/mol. The van der Waals surface area contributed by atoms with Crippen LogP contribution in [0.1, 0.15) is 36.8 Å². The Labute approximate surface area is 182 Å². The Bertz CT molecular complexity index is 1080. The molecule has 1 saturated heterocycles. The third-order valence-electron chi connectivity index (χ3n) is 5.75. The summed E-state index contributed by atoms with van der Waals surface area (Å²) in [6.07, 6.45) is 4.86. The van der Waals surface area contributed by atoms with Crippen molar-refractivity contribution in [2.75, 3.05) is 26.2 Å². The quantitative estimate of drug-likeness (QED) is 0.514. The van der Waals surface area contributed by atoms with Crippen molar-refractivity contribution in [3.05, 3.63) is 62.9 Å². The number of rotatable bonds is 6. The van der Waals surface area contributed by atoms with Gasteiger partial charge in [-0.25, -0.2) is 0 Å². The molecule has 1 aliphatic heterocycles. The first-order chi connectivity index (χ1) is 14.5. The molecule has 1 aliphatic rings. The van der Waals surface area contributed by atoms with Gasteiger partial charge in [0, 0.05) is 17.0 Å². The molecule has 0 saturated carbocycles. The van der Waals surface area contributed by atoms with Gasteiger partial charge in [0.15, 0.2) is 0 Å². The number of aromatic nitrogens is 1. The molecule has 0 unspecified atom stereocenters. The molecule has 1 aromatic heterocycles. The SMILES string of the molecule is Cc1cc(C)cc(-c2c(OCCCN3CCCCC3)c3ccc(Cl)cc3[nH]c2=O)c1. The second-order valence-electron chi connectivity index (χ2n) is 8.33. The van der Waals surface area contributed by atoms with Crippen LogP contribution >= 0.6 is 11.6 Å². The molecule has 1 N–H and O–H groups in total. The Morgan fingerprint density at radius 3 is 2.50 bits per heavy atom. The Kier molecular flexibility index (Phi) is 6.45. The van der Waals surface area contributed by atoms with Gasteiger partial charge < -0.3 is 14.6 Å². The zero-order chi connectivity index (χ0) is 21.1. The molecule has 4 rings (SSSR count). The van der Waals surface area contributed by atoms with Crippen molar-refractivity contribution in [1.82, 2.24) is 9.88 Å². The number of benzene rings is 2. The molecule has 3 aromatic rings. The van der Waals surface area contributed by atoms with Crippen LogP contribution in [0.25, 0.3) is 22.0 Å². The van der Waals surface area contributed by atoms with E-state index in [2.05, 4.69) is 16.0 Å². The summed E-state index contributed by atoms with van der Waals surface area (Å²) >= 11 is 6.17. The fourth-order valence-corrected chi connectivity index (χ4v) is 4.59. The lowest BCUT2D eigenvalue weighted by molar-refractivity contribution is 0.205. The third-order valence-corrected chi connectivity index (χ3v) is 5.99.